The van der Waals surface area contributed by atoms with Gasteiger partial charge in [0.05, 0.1) is 23.4 Å². The van der Waals surface area contributed by atoms with Crippen LogP contribution >= 0.6 is 23.4 Å². The minimum absolute atomic E-state index is 0.00359. The number of hydrogen-bond acceptors (Lipinski definition) is 3. The lowest BCUT2D eigenvalue weighted by Gasteiger charge is -2.14. The molecule has 0 aliphatic rings. The Morgan fingerprint density at radius 1 is 1.30 bits per heavy atom. The summed E-state index contributed by atoms with van der Waals surface area (Å²) in [5.74, 6) is 1.13. The largest absolute Gasteiger partial charge is 0.349 e. The van der Waals surface area contributed by atoms with Crippen LogP contribution in [0.4, 0.5) is 0 Å². The summed E-state index contributed by atoms with van der Waals surface area (Å²) in [6, 6.07) is 16.9. The SMILES string of the molecule is CC(NC(=O)CSCc1ccc(C#N)cc1)c1cccc(Cl)c1. The summed E-state index contributed by atoms with van der Waals surface area (Å²) in [5, 5.41) is 12.4. The Labute approximate surface area is 145 Å². The summed E-state index contributed by atoms with van der Waals surface area (Å²) in [7, 11) is 0. The summed E-state index contributed by atoms with van der Waals surface area (Å²) in [6.07, 6.45) is 0. The molecule has 2 aromatic carbocycles. The second kappa shape index (κ2) is 8.61. The molecule has 2 rings (SSSR count). The lowest BCUT2D eigenvalue weighted by molar-refractivity contribution is -0.119. The smallest absolute Gasteiger partial charge is 0.230 e. The van der Waals surface area contributed by atoms with Gasteiger partial charge in [0, 0.05) is 10.8 Å². The van der Waals surface area contributed by atoms with Crippen molar-refractivity contribution in [1.82, 2.24) is 5.32 Å². The first-order valence-corrected chi connectivity index (χ1v) is 8.73. The summed E-state index contributed by atoms with van der Waals surface area (Å²) in [6.45, 7) is 1.94. The fourth-order valence-electron chi connectivity index (χ4n) is 2.08. The average Bonchev–Trinajstić information content (AvgIpc) is 2.55. The molecule has 0 spiro atoms. The normalized spacial score (nSPS) is 11.5. The minimum Gasteiger partial charge on any atom is -0.349 e. The number of nitriles is 1. The molecule has 1 atom stereocenters. The third-order valence-electron chi connectivity index (χ3n) is 3.31. The van der Waals surface area contributed by atoms with Crippen LogP contribution in [-0.2, 0) is 10.5 Å². The van der Waals surface area contributed by atoms with Gasteiger partial charge >= 0.3 is 0 Å². The van der Waals surface area contributed by atoms with Gasteiger partial charge in [-0.05, 0) is 42.3 Å². The standard InChI is InChI=1S/C18H17ClN2OS/c1-13(16-3-2-4-17(19)9-16)21-18(22)12-23-11-15-7-5-14(10-20)6-8-15/h2-9,13H,11-12H2,1H3,(H,21,22). The molecule has 1 unspecified atom stereocenters. The number of carbonyl (C=O) groups is 1. The van der Waals surface area contributed by atoms with Gasteiger partial charge in [-0.15, -0.1) is 11.8 Å². The molecule has 0 aliphatic carbocycles. The second-order valence-electron chi connectivity index (χ2n) is 5.15. The lowest BCUT2D eigenvalue weighted by Crippen LogP contribution is -2.28. The van der Waals surface area contributed by atoms with Gasteiger partial charge in [-0.3, -0.25) is 4.79 Å². The molecule has 23 heavy (non-hydrogen) atoms. The van der Waals surface area contributed by atoms with E-state index in [4.69, 9.17) is 16.9 Å². The Kier molecular flexibility index (Phi) is 6.52. The van der Waals surface area contributed by atoms with E-state index >= 15 is 0 Å². The predicted octanol–water partition coefficient (Wildman–Crippen LogP) is 4.32. The maximum Gasteiger partial charge on any atom is 0.230 e. The van der Waals surface area contributed by atoms with E-state index in [0.29, 0.717) is 16.3 Å². The monoisotopic (exact) mass is 344 g/mol. The quantitative estimate of drug-likeness (QED) is 0.848. The maximum atomic E-state index is 12.0. The molecule has 3 nitrogen and oxygen atoms in total. The van der Waals surface area contributed by atoms with Gasteiger partial charge in [-0.25, -0.2) is 0 Å². The highest BCUT2D eigenvalue weighted by Gasteiger charge is 2.10. The van der Waals surface area contributed by atoms with E-state index in [1.54, 1.807) is 23.9 Å². The molecule has 0 radical (unpaired) electrons. The molecule has 118 valence electrons. The van der Waals surface area contributed by atoms with Crippen molar-refractivity contribution >= 4 is 29.3 Å². The van der Waals surface area contributed by atoms with Crippen molar-refractivity contribution in [3.8, 4) is 6.07 Å². The van der Waals surface area contributed by atoms with Gasteiger partial charge in [0.1, 0.15) is 0 Å². The number of carbonyl (C=O) groups excluding carboxylic acids is 1. The van der Waals surface area contributed by atoms with Crippen LogP contribution in [0.25, 0.3) is 0 Å². The fourth-order valence-corrected chi connectivity index (χ4v) is 3.08. The Bertz CT molecular complexity index is 710. The minimum atomic E-state index is -0.0725. The van der Waals surface area contributed by atoms with E-state index in [1.165, 1.54) is 0 Å². The molecule has 0 heterocycles. The Balaban J connectivity index is 1.77. The van der Waals surface area contributed by atoms with Crippen LogP contribution in [0.5, 0.6) is 0 Å². The van der Waals surface area contributed by atoms with E-state index < -0.39 is 0 Å². The zero-order chi connectivity index (χ0) is 16.7. The van der Waals surface area contributed by atoms with Crippen molar-refractivity contribution in [3.63, 3.8) is 0 Å². The van der Waals surface area contributed by atoms with Crippen LogP contribution in [0.15, 0.2) is 48.5 Å². The van der Waals surface area contributed by atoms with Gasteiger partial charge in [0.2, 0.25) is 5.91 Å². The fraction of sp³-hybridized carbons (Fsp3) is 0.222. The number of rotatable bonds is 6. The Morgan fingerprint density at radius 2 is 2.04 bits per heavy atom. The first-order chi connectivity index (χ1) is 11.1. The molecule has 0 saturated carbocycles. The molecule has 2 aromatic rings. The molecule has 0 aliphatic heterocycles. The number of hydrogen-bond donors (Lipinski definition) is 1. The number of benzene rings is 2. The average molecular weight is 345 g/mol. The van der Waals surface area contributed by atoms with Crippen LogP contribution in [-0.4, -0.2) is 11.7 Å². The lowest BCUT2D eigenvalue weighted by atomic mass is 10.1. The molecular weight excluding hydrogens is 328 g/mol. The van der Waals surface area contributed by atoms with Crippen molar-refractivity contribution in [2.45, 2.75) is 18.7 Å². The van der Waals surface area contributed by atoms with Crippen molar-refractivity contribution in [3.05, 3.63) is 70.2 Å². The predicted molar refractivity (Wildman–Crippen MR) is 95.3 cm³/mol. The molecule has 1 amide bonds. The summed E-state index contributed by atoms with van der Waals surface area (Å²) < 4.78 is 0. The number of nitrogens with zero attached hydrogens (tertiary/aromatic N) is 1. The van der Waals surface area contributed by atoms with Crippen molar-refractivity contribution in [2.75, 3.05) is 5.75 Å². The van der Waals surface area contributed by atoms with Crippen LogP contribution in [0.1, 0.15) is 29.7 Å². The molecule has 1 N–H and O–H groups in total. The Morgan fingerprint density at radius 3 is 2.70 bits per heavy atom. The zero-order valence-corrected chi connectivity index (χ0v) is 14.3. The van der Waals surface area contributed by atoms with Gasteiger partial charge in [-0.2, -0.15) is 5.26 Å². The first-order valence-electron chi connectivity index (χ1n) is 7.20. The summed E-state index contributed by atoms with van der Waals surface area (Å²) >= 11 is 7.51. The molecule has 0 fully saturated rings. The summed E-state index contributed by atoms with van der Waals surface area (Å²) in [4.78, 5) is 12.0. The van der Waals surface area contributed by atoms with Crippen molar-refractivity contribution < 1.29 is 4.79 Å². The topological polar surface area (TPSA) is 52.9 Å². The van der Waals surface area contributed by atoms with Crippen LogP contribution in [0.2, 0.25) is 5.02 Å². The van der Waals surface area contributed by atoms with E-state index in [1.807, 2.05) is 43.3 Å². The molecular formula is C18H17ClN2OS. The van der Waals surface area contributed by atoms with E-state index in [9.17, 15) is 4.79 Å². The van der Waals surface area contributed by atoms with Gasteiger partial charge in [0.15, 0.2) is 0 Å². The number of halogens is 1. The number of nitrogens with one attached hydrogen (secondary N) is 1. The summed E-state index contributed by atoms with van der Waals surface area (Å²) in [5.41, 5.74) is 2.74. The van der Waals surface area contributed by atoms with E-state index in [0.717, 1.165) is 16.9 Å². The maximum absolute atomic E-state index is 12.0. The van der Waals surface area contributed by atoms with E-state index in [-0.39, 0.29) is 11.9 Å². The van der Waals surface area contributed by atoms with E-state index in [2.05, 4.69) is 11.4 Å². The third-order valence-corrected chi connectivity index (χ3v) is 4.55. The number of thioether (sulfide) groups is 1. The van der Waals surface area contributed by atoms with Crippen molar-refractivity contribution in [2.24, 2.45) is 0 Å². The second-order valence-corrected chi connectivity index (χ2v) is 6.57. The third kappa shape index (κ3) is 5.63. The molecule has 0 saturated heterocycles. The molecule has 0 bridgehead atoms. The molecule has 0 aromatic heterocycles. The van der Waals surface area contributed by atoms with Crippen molar-refractivity contribution in [1.29, 1.82) is 5.26 Å². The van der Waals surface area contributed by atoms with Crippen LogP contribution in [0, 0.1) is 11.3 Å². The van der Waals surface area contributed by atoms with Gasteiger partial charge in [-0.1, -0.05) is 35.9 Å². The molecule has 5 heteroatoms. The zero-order valence-electron chi connectivity index (χ0n) is 12.8. The van der Waals surface area contributed by atoms with Gasteiger partial charge in [0.25, 0.3) is 0 Å². The first kappa shape index (κ1) is 17.4. The highest BCUT2D eigenvalue weighted by Crippen LogP contribution is 2.18. The Hall–Kier alpha value is -1.96. The van der Waals surface area contributed by atoms with Crippen LogP contribution < -0.4 is 5.32 Å². The van der Waals surface area contributed by atoms with Gasteiger partial charge < -0.3 is 5.32 Å². The highest BCUT2D eigenvalue weighted by molar-refractivity contribution is 7.99. The highest BCUT2D eigenvalue weighted by atomic mass is 35.5. The number of amides is 1. The van der Waals surface area contributed by atoms with Crippen LogP contribution in [0.3, 0.4) is 0 Å².